The van der Waals surface area contributed by atoms with Crippen LogP contribution in [0.15, 0.2) is 24.3 Å². The number of benzene rings is 1. The van der Waals surface area contributed by atoms with Crippen molar-refractivity contribution in [3.8, 4) is 5.75 Å². The van der Waals surface area contributed by atoms with Crippen molar-refractivity contribution in [1.82, 2.24) is 9.34 Å². The number of fused-ring (bicyclic) bond motifs is 1. The van der Waals surface area contributed by atoms with Crippen molar-refractivity contribution >= 4 is 12.7 Å². The van der Waals surface area contributed by atoms with Crippen molar-refractivity contribution < 1.29 is 9.67 Å². The summed E-state index contributed by atoms with van der Waals surface area (Å²) in [5.41, 5.74) is 0. The molecule has 2 unspecified atom stereocenters. The second kappa shape index (κ2) is 4.62. The van der Waals surface area contributed by atoms with E-state index in [9.17, 15) is 9.67 Å². The Hall–Kier alpha value is -0.830. The maximum absolute atomic E-state index is 13.6. The van der Waals surface area contributed by atoms with Crippen molar-refractivity contribution in [1.29, 1.82) is 0 Å². The standard InChI is InChI=1S/C14H21N2O2P/c1-15-11-7-3-4-8-12(11)16(2)19(15,18)14-10-6-5-9-13(14)17/h5-6,9-12,17H,3-4,7-8H2,1-2H3. The number of hydrogen-bond acceptors (Lipinski definition) is 2. The molecule has 2 atom stereocenters. The number of likely N-dealkylation sites (N-methyl/N-ethyl adjacent to an activating group) is 2. The number of aromatic hydroxyl groups is 1. The van der Waals surface area contributed by atoms with Crippen LogP contribution >= 0.6 is 7.44 Å². The molecule has 0 amide bonds. The van der Waals surface area contributed by atoms with Crippen LogP contribution in [-0.4, -0.2) is 40.6 Å². The summed E-state index contributed by atoms with van der Waals surface area (Å²) in [6.07, 6.45) is 4.62. The van der Waals surface area contributed by atoms with Crippen molar-refractivity contribution in [2.45, 2.75) is 37.8 Å². The molecule has 2 fully saturated rings. The first kappa shape index (κ1) is 13.2. The van der Waals surface area contributed by atoms with Crippen LogP contribution in [-0.2, 0) is 4.57 Å². The molecule has 104 valence electrons. The van der Waals surface area contributed by atoms with Gasteiger partial charge in [0.15, 0.2) is 0 Å². The van der Waals surface area contributed by atoms with Crippen molar-refractivity contribution in [3.63, 3.8) is 0 Å². The first-order valence-electron chi connectivity index (χ1n) is 6.92. The minimum atomic E-state index is -2.83. The van der Waals surface area contributed by atoms with Crippen molar-refractivity contribution in [2.75, 3.05) is 14.1 Å². The van der Waals surface area contributed by atoms with Gasteiger partial charge in [-0.05, 0) is 39.1 Å². The third-order valence-corrected chi connectivity index (χ3v) is 8.01. The van der Waals surface area contributed by atoms with Crippen molar-refractivity contribution in [2.24, 2.45) is 0 Å². The average molecular weight is 280 g/mol. The van der Waals surface area contributed by atoms with Gasteiger partial charge in [-0.15, -0.1) is 0 Å². The summed E-state index contributed by atoms with van der Waals surface area (Å²) in [6.45, 7) is 0. The average Bonchev–Trinajstić information content (AvgIpc) is 2.63. The van der Waals surface area contributed by atoms with E-state index in [-0.39, 0.29) is 5.75 Å². The summed E-state index contributed by atoms with van der Waals surface area (Å²) in [4.78, 5) is 0. The van der Waals surface area contributed by atoms with Gasteiger partial charge in [-0.3, -0.25) is 4.57 Å². The molecule has 5 heteroatoms. The van der Waals surface area contributed by atoms with Gasteiger partial charge in [-0.25, -0.2) is 9.34 Å². The molecule has 0 bridgehead atoms. The van der Waals surface area contributed by atoms with Crippen LogP contribution in [0.1, 0.15) is 25.7 Å². The fourth-order valence-electron chi connectivity index (χ4n) is 3.64. The Balaban J connectivity index is 2.08. The van der Waals surface area contributed by atoms with Gasteiger partial charge in [-0.2, -0.15) is 0 Å². The fraction of sp³-hybridized carbons (Fsp3) is 0.571. The number of hydrogen-bond donors (Lipinski definition) is 1. The number of phenols is 1. The fourth-order valence-corrected chi connectivity index (χ4v) is 6.76. The molecule has 1 N–H and O–H groups in total. The van der Waals surface area contributed by atoms with Gasteiger partial charge in [0.25, 0.3) is 0 Å². The van der Waals surface area contributed by atoms with Crippen LogP contribution < -0.4 is 5.30 Å². The largest absolute Gasteiger partial charge is 0.507 e. The summed E-state index contributed by atoms with van der Waals surface area (Å²) in [5, 5.41) is 10.7. The van der Waals surface area contributed by atoms with E-state index in [1.54, 1.807) is 18.2 Å². The number of para-hydroxylation sites is 1. The molecular formula is C14H21N2O2P. The molecule has 1 heterocycles. The van der Waals surface area contributed by atoms with Crippen LogP contribution in [0.2, 0.25) is 0 Å². The van der Waals surface area contributed by atoms with E-state index in [1.165, 1.54) is 12.8 Å². The van der Waals surface area contributed by atoms with Crippen LogP contribution in [0, 0.1) is 0 Å². The SMILES string of the molecule is CN1C2CCCCC2N(C)P1(=O)c1ccccc1O. The Kier molecular flexibility index (Phi) is 3.20. The van der Waals surface area contributed by atoms with Gasteiger partial charge in [0.05, 0.1) is 5.30 Å². The maximum Gasteiger partial charge on any atom is 0.249 e. The first-order valence-corrected chi connectivity index (χ1v) is 8.53. The topological polar surface area (TPSA) is 43.8 Å². The Labute approximate surface area is 114 Å². The zero-order valence-electron chi connectivity index (χ0n) is 11.5. The maximum atomic E-state index is 13.6. The normalized spacial score (nSPS) is 36.3. The summed E-state index contributed by atoms with van der Waals surface area (Å²) in [5.74, 6) is 0.142. The molecule has 19 heavy (non-hydrogen) atoms. The van der Waals surface area contributed by atoms with E-state index in [0.29, 0.717) is 17.4 Å². The third kappa shape index (κ3) is 1.78. The minimum Gasteiger partial charge on any atom is -0.507 e. The molecule has 1 saturated heterocycles. The Morgan fingerprint density at radius 1 is 1.11 bits per heavy atom. The highest BCUT2D eigenvalue weighted by molar-refractivity contribution is 7.67. The summed E-state index contributed by atoms with van der Waals surface area (Å²) in [6, 6.07) is 7.74. The Morgan fingerprint density at radius 3 is 2.16 bits per heavy atom. The van der Waals surface area contributed by atoms with E-state index in [0.717, 1.165) is 12.8 Å². The molecule has 1 aromatic rings. The van der Waals surface area contributed by atoms with Gasteiger partial charge >= 0.3 is 0 Å². The van der Waals surface area contributed by atoms with Gasteiger partial charge in [0, 0.05) is 12.1 Å². The number of nitrogens with zero attached hydrogens (tertiary/aromatic N) is 2. The molecule has 0 spiro atoms. The quantitative estimate of drug-likeness (QED) is 0.802. The van der Waals surface area contributed by atoms with Crippen LogP contribution in [0.4, 0.5) is 0 Å². The predicted molar refractivity (Wildman–Crippen MR) is 76.9 cm³/mol. The Bertz CT molecular complexity index is 512. The van der Waals surface area contributed by atoms with Gasteiger partial charge in [0.1, 0.15) is 5.75 Å². The third-order valence-electron chi connectivity index (χ3n) is 4.70. The smallest absolute Gasteiger partial charge is 0.249 e. The molecule has 1 aromatic carbocycles. The molecule has 0 aromatic heterocycles. The monoisotopic (exact) mass is 280 g/mol. The lowest BCUT2D eigenvalue weighted by atomic mass is 9.91. The van der Waals surface area contributed by atoms with Gasteiger partial charge < -0.3 is 5.11 Å². The second-order valence-corrected chi connectivity index (χ2v) is 8.43. The van der Waals surface area contributed by atoms with Crippen molar-refractivity contribution in [3.05, 3.63) is 24.3 Å². The molecule has 1 saturated carbocycles. The molecular weight excluding hydrogens is 259 g/mol. The number of phenolic OH excluding ortho intramolecular Hbond substituents is 1. The molecule has 0 radical (unpaired) electrons. The van der Waals surface area contributed by atoms with Gasteiger partial charge in [-0.1, -0.05) is 25.0 Å². The molecule has 4 nitrogen and oxygen atoms in total. The predicted octanol–water partition coefficient (Wildman–Crippen LogP) is 2.40. The van der Waals surface area contributed by atoms with Crippen LogP contribution in [0.5, 0.6) is 5.75 Å². The highest BCUT2D eigenvalue weighted by Gasteiger charge is 2.53. The number of rotatable bonds is 1. The van der Waals surface area contributed by atoms with Crippen LogP contribution in [0.25, 0.3) is 0 Å². The lowest BCUT2D eigenvalue weighted by molar-refractivity contribution is 0.233. The first-order chi connectivity index (χ1) is 9.06. The highest BCUT2D eigenvalue weighted by Crippen LogP contribution is 2.61. The van der Waals surface area contributed by atoms with E-state index in [1.807, 2.05) is 29.5 Å². The highest BCUT2D eigenvalue weighted by atomic mass is 31.2. The molecule has 1 aliphatic carbocycles. The Morgan fingerprint density at radius 2 is 1.63 bits per heavy atom. The molecule has 1 aliphatic heterocycles. The zero-order valence-corrected chi connectivity index (χ0v) is 12.4. The van der Waals surface area contributed by atoms with Gasteiger partial charge in [0.2, 0.25) is 7.44 Å². The second-order valence-electron chi connectivity index (χ2n) is 5.60. The van der Waals surface area contributed by atoms with Crippen LogP contribution in [0.3, 0.4) is 0 Å². The molecule has 3 rings (SSSR count). The summed E-state index contributed by atoms with van der Waals surface area (Å²) >= 11 is 0. The van der Waals surface area contributed by atoms with E-state index >= 15 is 0 Å². The van der Waals surface area contributed by atoms with E-state index in [4.69, 9.17) is 0 Å². The molecule has 2 aliphatic rings. The lowest BCUT2D eigenvalue weighted by Gasteiger charge is -2.28. The zero-order chi connectivity index (χ0) is 13.6. The summed E-state index contributed by atoms with van der Waals surface area (Å²) in [7, 11) is 1.06. The lowest BCUT2D eigenvalue weighted by Crippen LogP contribution is -2.37. The van der Waals surface area contributed by atoms with E-state index in [2.05, 4.69) is 0 Å². The minimum absolute atomic E-state index is 0.142. The van der Waals surface area contributed by atoms with E-state index < -0.39 is 7.44 Å². The summed E-state index contributed by atoms with van der Waals surface area (Å²) < 4.78 is 17.6.